The van der Waals surface area contributed by atoms with Gasteiger partial charge in [0.05, 0.1) is 20.8 Å². The van der Waals surface area contributed by atoms with E-state index in [0.717, 1.165) is 22.5 Å². The smallest absolute Gasteiger partial charge is 0.247 e. The molecule has 0 atom stereocenters. The van der Waals surface area contributed by atoms with Gasteiger partial charge in [-0.3, -0.25) is 4.79 Å². The largest absolute Gasteiger partial charge is 0.497 e. The SMILES string of the molecule is COc1ccc(OC)c(S(=O)(=O)N(CC(=O)Nc2c(F)cccc2F)Cc2ccccc2)c1. The van der Waals surface area contributed by atoms with Crippen LogP contribution in [0.4, 0.5) is 14.5 Å². The maximum atomic E-state index is 14.0. The summed E-state index contributed by atoms with van der Waals surface area (Å²) in [5.74, 6) is -2.55. The molecule has 0 aliphatic carbocycles. The van der Waals surface area contributed by atoms with Gasteiger partial charge in [-0.15, -0.1) is 0 Å². The number of para-hydroxylation sites is 1. The Morgan fingerprint density at radius 3 is 2.21 bits per heavy atom. The number of sulfonamides is 1. The number of nitrogens with one attached hydrogen (secondary N) is 1. The third-order valence-corrected chi connectivity index (χ3v) is 6.55. The van der Waals surface area contributed by atoms with Crippen LogP contribution in [0.3, 0.4) is 0 Å². The molecule has 1 N–H and O–H groups in total. The van der Waals surface area contributed by atoms with Gasteiger partial charge in [-0.2, -0.15) is 4.31 Å². The molecule has 3 aromatic rings. The van der Waals surface area contributed by atoms with E-state index in [1.807, 2.05) is 0 Å². The Morgan fingerprint density at radius 2 is 1.61 bits per heavy atom. The van der Waals surface area contributed by atoms with Gasteiger partial charge in [-0.1, -0.05) is 36.4 Å². The van der Waals surface area contributed by atoms with E-state index in [1.165, 1.54) is 32.4 Å². The number of ether oxygens (including phenoxy) is 2. The number of methoxy groups -OCH3 is 2. The number of benzene rings is 3. The molecule has 0 bridgehead atoms. The van der Waals surface area contributed by atoms with Gasteiger partial charge in [0.25, 0.3) is 0 Å². The van der Waals surface area contributed by atoms with Gasteiger partial charge in [0.2, 0.25) is 15.9 Å². The third-order valence-electron chi connectivity index (χ3n) is 4.74. The number of hydrogen-bond acceptors (Lipinski definition) is 5. The molecule has 0 radical (unpaired) electrons. The van der Waals surface area contributed by atoms with Crippen molar-refractivity contribution in [2.45, 2.75) is 11.4 Å². The van der Waals surface area contributed by atoms with Crippen molar-refractivity contribution >= 4 is 21.6 Å². The molecule has 1 amide bonds. The molecular formula is C23H22F2N2O5S. The van der Waals surface area contributed by atoms with Gasteiger partial charge in [0.1, 0.15) is 33.7 Å². The summed E-state index contributed by atoms with van der Waals surface area (Å²) in [5.41, 5.74) is -0.0497. The number of halogens is 2. The van der Waals surface area contributed by atoms with Crippen molar-refractivity contribution in [3.05, 3.63) is 83.9 Å². The van der Waals surface area contributed by atoms with Crippen molar-refractivity contribution in [2.75, 3.05) is 26.1 Å². The average Bonchev–Trinajstić information content (AvgIpc) is 2.81. The van der Waals surface area contributed by atoms with Crippen LogP contribution in [0.25, 0.3) is 0 Å². The highest BCUT2D eigenvalue weighted by Gasteiger charge is 2.31. The molecule has 0 spiro atoms. The van der Waals surface area contributed by atoms with Gasteiger partial charge in [-0.05, 0) is 29.8 Å². The first kappa shape index (κ1) is 24.1. The van der Waals surface area contributed by atoms with Crippen LogP contribution in [0.5, 0.6) is 11.5 Å². The molecule has 0 saturated heterocycles. The lowest BCUT2D eigenvalue weighted by molar-refractivity contribution is -0.116. The highest BCUT2D eigenvalue weighted by Crippen LogP contribution is 2.31. The Hall–Kier alpha value is -3.50. The summed E-state index contributed by atoms with van der Waals surface area (Å²) < 4.78 is 66.3. The van der Waals surface area contributed by atoms with Crippen LogP contribution in [-0.4, -0.2) is 39.4 Å². The lowest BCUT2D eigenvalue weighted by Crippen LogP contribution is -2.38. The summed E-state index contributed by atoms with van der Waals surface area (Å²) in [5, 5.41) is 2.12. The standard InChI is InChI=1S/C23H22F2N2O5S/c1-31-17-11-12-20(32-2)21(13-17)33(29,30)27(14-16-7-4-3-5-8-16)15-22(28)26-23-18(24)9-6-10-19(23)25/h3-13H,14-15H2,1-2H3,(H,26,28). The molecule has 0 unspecified atom stereocenters. The normalized spacial score (nSPS) is 11.3. The topological polar surface area (TPSA) is 84.9 Å². The lowest BCUT2D eigenvalue weighted by Gasteiger charge is -2.23. The fraction of sp³-hybridized carbons (Fsp3) is 0.174. The predicted octanol–water partition coefficient (Wildman–Crippen LogP) is 3.81. The summed E-state index contributed by atoms with van der Waals surface area (Å²) in [7, 11) is -1.60. The molecule has 174 valence electrons. The molecule has 10 heteroatoms. The Labute approximate surface area is 190 Å². The molecule has 0 aromatic heterocycles. The Balaban J connectivity index is 1.98. The molecule has 0 heterocycles. The van der Waals surface area contributed by atoms with Crippen LogP contribution in [-0.2, 0) is 21.4 Å². The summed E-state index contributed by atoms with van der Waals surface area (Å²) >= 11 is 0. The Bertz CT molecular complexity index is 1220. The zero-order valence-electron chi connectivity index (χ0n) is 17.9. The minimum Gasteiger partial charge on any atom is -0.497 e. The van der Waals surface area contributed by atoms with E-state index in [9.17, 15) is 22.0 Å². The van der Waals surface area contributed by atoms with Gasteiger partial charge in [-0.25, -0.2) is 17.2 Å². The predicted molar refractivity (Wildman–Crippen MR) is 119 cm³/mol. The highest BCUT2D eigenvalue weighted by molar-refractivity contribution is 7.89. The first-order chi connectivity index (χ1) is 15.8. The van der Waals surface area contributed by atoms with Crippen molar-refractivity contribution in [1.82, 2.24) is 4.31 Å². The van der Waals surface area contributed by atoms with Crippen molar-refractivity contribution in [3.8, 4) is 11.5 Å². The van der Waals surface area contributed by atoms with Gasteiger partial charge in [0.15, 0.2) is 0 Å². The number of nitrogens with zero attached hydrogens (tertiary/aromatic N) is 1. The number of anilines is 1. The van der Waals surface area contributed by atoms with Crippen LogP contribution >= 0.6 is 0 Å². The minimum atomic E-state index is -4.30. The van der Waals surface area contributed by atoms with Gasteiger partial charge in [0, 0.05) is 12.6 Å². The highest BCUT2D eigenvalue weighted by atomic mass is 32.2. The second-order valence-electron chi connectivity index (χ2n) is 6.92. The van der Waals surface area contributed by atoms with E-state index in [1.54, 1.807) is 30.3 Å². The molecule has 0 saturated carbocycles. The maximum absolute atomic E-state index is 14.0. The molecular weight excluding hydrogens is 454 g/mol. The van der Waals surface area contributed by atoms with Gasteiger partial charge >= 0.3 is 0 Å². The Kier molecular flexibility index (Phi) is 7.62. The van der Waals surface area contributed by atoms with Crippen molar-refractivity contribution in [1.29, 1.82) is 0 Å². The third kappa shape index (κ3) is 5.65. The van der Waals surface area contributed by atoms with Crippen LogP contribution in [0.1, 0.15) is 5.56 Å². The fourth-order valence-electron chi connectivity index (χ4n) is 3.09. The molecule has 0 aliphatic heterocycles. The van der Waals surface area contributed by atoms with Crippen LogP contribution < -0.4 is 14.8 Å². The number of amides is 1. The molecule has 33 heavy (non-hydrogen) atoms. The fourth-order valence-corrected chi connectivity index (χ4v) is 4.65. The number of carbonyl (C=O) groups excluding carboxylic acids is 1. The Morgan fingerprint density at radius 1 is 0.939 bits per heavy atom. The van der Waals surface area contributed by atoms with E-state index in [-0.39, 0.29) is 22.9 Å². The summed E-state index contributed by atoms with van der Waals surface area (Å²) in [6.07, 6.45) is 0. The summed E-state index contributed by atoms with van der Waals surface area (Å²) in [6.45, 7) is -0.873. The van der Waals surface area contributed by atoms with Crippen LogP contribution in [0.2, 0.25) is 0 Å². The van der Waals surface area contributed by atoms with E-state index in [2.05, 4.69) is 5.32 Å². The minimum absolute atomic E-state index is 0.0504. The molecule has 7 nitrogen and oxygen atoms in total. The maximum Gasteiger partial charge on any atom is 0.247 e. The number of carbonyl (C=O) groups is 1. The summed E-state index contributed by atoms with van der Waals surface area (Å²) in [4.78, 5) is 12.4. The second kappa shape index (κ2) is 10.4. The van der Waals surface area contributed by atoms with Crippen molar-refractivity contribution in [3.63, 3.8) is 0 Å². The van der Waals surface area contributed by atoms with Gasteiger partial charge < -0.3 is 14.8 Å². The quantitative estimate of drug-likeness (QED) is 0.508. The molecule has 0 fully saturated rings. The average molecular weight is 477 g/mol. The first-order valence-electron chi connectivity index (χ1n) is 9.76. The number of hydrogen-bond donors (Lipinski definition) is 1. The molecule has 3 aromatic carbocycles. The lowest BCUT2D eigenvalue weighted by atomic mass is 10.2. The number of rotatable bonds is 9. The van der Waals surface area contributed by atoms with E-state index < -0.39 is 39.8 Å². The van der Waals surface area contributed by atoms with E-state index in [0.29, 0.717) is 5.56 Å². The first-order valence-corrected chi connectivity index (χ1v) is 11.2. The second-order valence-corrected chi connectivity index (χ2v) is 8.83. The zero-order valence-corrected chi connectivity index (χ0v) is 18.7. The summed E-state index contributed by atoms with van der Waals surface area (Å²) in [6, 6.07) is 16.0. The van der Waals surface area contributed by atoms with Crippen molar-refractivity contribution in [2.24, 2.45) is 0 Å². The van der Waals surface area contributed by atoms with E-state index in [4.69, 9.17) is 9.47 Å². The molecule has 3 rings (SSSR count). The van der Waals surface area contributed by atoms with Crippen LogP contribution in [0, 0.1) is 11.6 Å². The zero-order chi connectivity index (χ0) is 24.0. The molecule has 0 aliphatic rings. The monoisotopic (exact) mass is 476 g/mol. The van der Waals surface area contributed by atoms with Crippen molar-refractivity contribution < 1.29 is 31.5 Å². The van der Waals surface area contributed by atoms with E-state index >= 15 is 0 Å². The van der Waals surface area contributed by atoms with Crippen LogP contribution in [0.15, 0.2) is 71.6 Å².